The average molecular weight is 722 g/mol. The Morgan fingerprint density at radius 1 is 0.609 bits per heavy atom. The lowest BCUT2D eigenvalue weighted by Crippen LogP contribution is -2.46. The molecule has 0 bridgehead atoms. The minimum absolute atomic E-state index is 0.114. The highest BCUT2D eigenvalue weighted by Gasteiger charge is 2.32. The molecule has 0 saturated carbocycles. The molecule has 0 aromatic heterocycles. The molecule has 0 fully saturated rings. The molecule has 0 aliphatic rings. The molecule has 1 unspecified atom stereocenters. The quantitative estimate of drug-likeness (QED) is 0.0467. The normalized spacial score (nSPS) is 11.4. The van der Waals surface area contributed by atoms with Crippen LogP contribution < -0.4 is 11.1 Å². The third-order valence-corrected chi connectivity index (χ3v) is 9.99. The number of aliphatic carboxylic acids is 2. The lowest BCUT2D eigenvalue weighted by atomic mass is 9.98. The Bertz CT molecular complexity index is 731. The van der Waals surface area contributed by atoms with E-state index >= 15 is 0 Å². The van der Waals surface area contributed by atoms with Gasteiger partial charge in [0.2, 0.25) is 5.91 Å². The summed E-state index contributed by atoms with van der Waals surface area (Å²) in [5.74, 6) is -1.77. The van der Waals surface area contributed by atoms with E-state index in [1.807, 2.05) is 26.1 Å². The average Bonchev–Trinajstić information content (AvgIpc) is 3.02. The number of carbonyl (C=O) groups excluding carboxylic acids is 2. The zero-order chi connectivity index (χ0) is 35.5. The summed E-state index contributed by atoms with van der Waals surface area (Å²) in [4.78, 5) is 42.7. The molecule has 0 saturated heterocycles. The second-order valence-corrected chi connectivity index (χ2v) is 14.1. The van der Waals surface area contributed by atoms with Crippen molar-refractivity contribution in [2.75, 3.05) is 0 Å². The molecule has 0 aromatic carbocycles. The van der Waals surface area contributed by atoms with Gasteiger partial charge in [-0.25, -0.2) is 4.79 Å². The fraction of sp³-hybridized carbons (Fsp3) is 0.892. The van der Waals surface area contributed by atoms with Crippen LogP contribution in [0, 0.1) is 5.92 Å². The van der Waals surface area contributed by atoms with E-state index in [-0.39, 0.29) is 11.8 Å². The molecule has 0 heterocycles. The fourth-order valence-corrected chi connectivity index (χ4v) is 5.21. The minimum Gasteiger partial charge on any atom is -0.481 e. The number of amides is 3. The van der Waals surface area contributed by atoms with Crippen molar-refractivity contribution >= 4 is 39.8 Å². The maximum Gasteiger partial charge on any atom is 0.318 e. The summed E-state index contributed by atoms with van der Waals surface area (Å²) in [7, 11) is 0. The smallest absolute Gasteiger partial charge is 0.318 e. The number of carboxylic acids is 2. The third kappa shape index (κ3) is 35.2. The van der Waals surface area contributed by atoms with Gasteiger partial charge >= 0.3 is 18.0 Å². The summed E-state index contributed by atoms with van der Waals surface area (Å²) in [6.07, 6.45) is 30.5. The maximum absolute atomic E-state index is 11.3. The fourth-order valence-electron chi connectivity index (χ4n) is 5.12. The number of carbonyl (C=O) groups is 4. The van der Waals surface area contributed by atoms with Crippen LogP contribution in [0.5, 0.6) is 0 Å². The van der Waals surface area contributed by atoms with E-state index in [9.17, 15) is 19.2 Å². The second kappa shape index (κ2) is 36.2. The molecular weight excluding hydrogens is 648 g/mol. The largest absolute Gasteiger partial charge is 0.481 e. The van der Waals surface area contributed by atoms with Gasteiger partial charge in [0.05, 0.1) is 5.92 Å². The van der Waals surface area contributed by atoms with Gasteiger partial charge in [-0.15, -0.1) is 0 Å². The molecule has 0 rings (SSSR count). The molecule has 8 nitrogen and oxygen atoms in total. The zero-order valence-electron chi connectivity index (χ0n) is 30.4. The van der Waals surface area contributed by atoms with E-state index in [4.69, 9.17) is 15.9 Å². The van der Waals surface area contributed by atoms with E-state index in [2.05, 4.69) is 29.8 Å². The van der Waals surface area contributed by atoms with Gasteiger partial charge in [-0.2, -0.15) is 0 Å². The Kier molecular flexibility index (Phi) is 38.4. The molecule has 0 radical (unpaired) electrons. The number of imide groups is 1. The Labute approximate surface area is 291 Å². The first-order valence-electron chi connectivity index (χ1n) is 18.7. The van der Waals surface area contributed by atoms with Gasteiger partial charge in [0, 0.05) is 6.42 Å². The van der Waals surface area contributed by atoms with Crippen LogP contribution in [0.25, 0.3) is 0 Å². The number of hydrogen-bond acceptors (Lipinski definition) is 4. The predicted octanol–water partition coefficient (Wildman–Crippen LogP) is 11.3. The first kappa shape index (κ1) is 48.8. The summed E-state index contributed by atoms with van der Waals surface area (Å²) >= 11 is 3.26. The van der Waals surface area contributed by atoms with Crippen LogP contribution in [-0.4, -0.2) is 38.4 Å². The number of rotatable bonds is 28. The zero-order valence-corrected chi connectivity index (χ0v) is 32.0. The summed E-state index contributed by atoms with van der Waals surface area (Å²) in [6, 6.07) is -0.814. The van der Waals surface area contributed by atoms with Crippen LogP contribution in [0.2, 0.25) is 0 Å². The van der Waals surface area contributed by atoms with Gasteiger partial charge in [-0.1, -0.05) is 179 Å². The Morgan fingerprint density at radius 3 is 1.24 bits per heavy atom. The molecule has 46 heavy (non-hydrogen) atoms. The summed E-state index contributed by atoms with van der Waals surface area (Å²) in [5, 5.41) is 19.4. The van der Waals surface area contributed by atoms with Crippen molar-refractivity contribution in [1.82, 2.24) is 5.32 Å². The van der Waals surface area contributed by atoms with Crippen LogP contribution in [0.4, 0.5) is 4.79 Å². The Balaban J connectivity index is -0.000000654. The van der Waals surface area contributed by atoms with Gasteiger partial charge in [-0.05, 0) is 32.1 Å². The summed E-state index contributed by atoms with van der Waals surface area (Å²) < 4.78 is -0.665. The lowest BCUT2D eigenvalue weighted by molar-refractivity contribution is -0.142. The van der Waals surface area contributed by atoms with Gasteiger partial charge in [0.25, 0.3) is 0 Å². The molecule has 9 heteroatoms. The first-order valence-corrected chi connectivity index (χ1v) is 19.5. The van der Waals surface area contributed by atoms with E-state index in [0.29, 0.717) is 19.3 Å². The molecular formula is C37H73BrN2O6. The van der Waals surface area contributed by atoms with E-state index in [0.717, 1.165) is 32.1 Å². The highest BCUT2D eigenvalue weighted by molar-refractivity contribution is 9.10. The molecule has 0 aliphatic heterocycles. The summed E-state index contributed by atoms with van der Waals surface area (Å²) in [6.45, 7) is 10.2. The van der Waals surface area contributed by atoms with Crippen molar-refractivity contribution in [3.63, 3.8) is 0 Å². The van der Waals surface area contributed by atoms with Crippen LogP contribution in [0.1, 0.15) is 202 Å². The number of unbranched alkanes of at least 4 members (excludes halogenated alkanes) is 19. The van der Waals surface area contributed by atoms with Crippen molar-refractivity contribution in [1.29, 1.82) is 0 Å². The lowest BCUT2D eigenvalue weighted by Gasteiger charge is -2.21. The SMILES string of the molecule is CCC(Br)(CC)C(=O)NC(N)=O.CCCCCCCCCC(=O)O.CCCCCCCCCCCCCCCCC(CC)C(=O)O. The van der Waals surface area contributed by atoms with Crippen molar-refractivity contribution < 1.29 is 29.4 Å². The van der Waals surface area contributed by atoms with Crippen molar-refractivity contribution in [3.8, 4) is 0 Å². The maximum atomic E-state index is 11.3. The van der Waals surface area contributed by atoms with Gasteiger partial charge < -0.3 is 15.9 Å². The number of nitrogens with one attached hydrogen (secondary N) is 1. The third-order valence-electron chi connectivity index (χ3n) is 8.51. The molecule has 5 N–H and O–H groups in total. The van der Waals surface area contributed by atoms with Crippen molar-refractivity contribution in [3.05, 3.63) is 0 Å². The van der Waals surface area contributed by atoms with Crippen molar-refractivity contribution in [2.24, 2.45) is 11.7 Å². The standard InChI is InChI=1S/C20H40O2.C10H20O2.C7H13BrN2O2/c1-3-5-6-7-8-9-10-11-12-13-14-15-16-17-18-19(4-2)20(21)22;1-2-3-4-5-6-7-8-9-10(11)12;1-3-7(8,4-2)5(11)10-6(9)12/h19H,3-18H2,1-2H3,(H,21,22);2-9H2,1H3,(H,11,12);3-4H2,1-2H3,(H3,9,10,11,12). The van der Waals surface area contributed by atoms with Crippen molar-refractivity contribution in [2.45, 2.75) is 206 Å². The summed E-state index contributed by atoms with van der Waals surface area (Å²) in [5.41, 5.74) is 4.81. The van der Waals surface area contributed by atoms with Gasteiger partial charge in [0.15, 0.2) is 0 Å². The second-order valence-electron chi connectivity index (χ2n) is 12.6. The predicted molar refractivity (Wildman–Crippen MR) is 197 cm³/mol. The molecule has 1 atom stereocenters. The van der Waals surface area contributed by atoms with Crippen LogP contribution in [-0.2, 0) is 14.4 Å². The van der Waals surface area contributed by atoms with E-state index in [1.54, 1.807) is 0 Å². The highest BCUT2D eigenvalue weighted by atomic mass is 79.9. The monoisotopic (exact) mass is 720 g/mol. The number of primary amides is 1. The number of halogens is 1. The molecule has 0 aromatic rings. The molecule has 0 aliphatic carbocycles. The number of nitrogens with two attached hydrogens (primary N) is 1. The van der Waals surface area contributed by atoms with Crippen LogP contribution in [0.3, 0.4) is 0 Å². The Morgan fingerprint density at radius 2 is 0.957 bits per heavy atom. The Hall–Kier alpha value is -1.64. The topological polar surface area (TPSA) is 147 Å². The first-order chi connectivity index (χ1) is 21.9. The number of urea groups is 1. The van der Waals surface area contributed by atoms with E-state index in [1.165, 1.54) is 116 Å². The molecule has 274 valence electrons. The number of hydrogen-bond donors (Lipinski definition) is 4. The molecule has 3 amide bonds. The van der Waals surface area contributed by atoms with E-state index < -0.39 is 22.3 Å². The minimum atomic E-state index is -0.814. The van der Waals surface area contributed by atoms with Crippen LogP contribution >= 0.6 is 15.9 Å². The number of carboxylic acid groups (broad SMARTS) is 2. The highest BCUT2D eigenvalue weighted by Crippen LogP contribution is 2.26. The number of alkyl halides is 1. The molecule has 0 spiro atoms. The van der Waals surface area contributed by atoms with Crippen LogP contribution in [0.15, 0.2) is 0 Å². The van der Waals surface area contributed by atoms with Gasteiger partial charge in [-0.3, -0.25) is 19.7 Å². The van der Waals surface area contributed by atoms with Gasteiger partial charge in [0.1, 0.15) is 4.32 Å².